The van der Waals surface area contributed by atoms with Crippen LogP contribution in [-0.2, 0) is 9.47 Å². The average Bonchev–Trinajstić information content (AvgIpc) is 2.44. The van der Waals surface area contributed by atoms with Crippen LogP contribution in [0.25, 0.3) is 0 Å². The fourth-order valence-electron chi connectivity index (χ4n) is 1.97. The lowest BCUT2D eigenvalue weighted by Gasteiger charge is -2.10. The van der Waals surface area contributed by atoms with Crippen LogP contribution in [0.4, 0.5) is 0 Å². The molecule has 10 heavy (non-hydrogen) atoms. The molecule has 0 aromatic rings. The molecule has 0 amide bonds. The summed E-state index contributed by atoms with van der Waals surface area (Å²) in [5, 5.41) is 0. The smallest absolute Gasteiger partial charge is 0.160 e. The van der Waals surface area contributed by atoms with Crippen LogP contribution in [0.2, 0.25) is 0 Å². The lowest BCUT2D eigenvalue weighted by atomic mass is 9.91. The summed E-state index contributed by atoms with van der Waals surface area (Å²) in [6.07, 6.45) is 2.61. The SMILES string of the molecule is CCC1COC2OCCC12. The lowest BCUT2D eigenvalue weighted by Crippen LogP contribution is -2.13. The van der Waals surface area contributed by atoms with E-state index in [0.29, 0.717) is 5.92 Å². The summed E-state index contributed by atoms with van der Waals surface area (Å²) >= 11 is 0. The predicted molar refractivity (Wildman–Crippen MR) is 37.6 cm³/mol. The van der Waals surface area contributed by atoms with Crippen molar-refractivity contribution in [2.75, 3.05) is 13.2 Å². The minimum Gasteiger partial charge on any atom is -0.352 e. The highest BCUT2D eigenvalue weighted by atomic mass is 16.7. The Bertz CT molecular complexity index is 124. The third-order valence-corrected chi connectivity index (χ3v) is 2.69. The van der Waals surface area contributed by atoms with Gasteiger partial charge in [0.15, 0.2) is 6.29 Å². The first-order chi connectivity index (χ1) is 4.92. The van der Waals surface area contributed by atoms with Crippen molar-refractivity contribution in [3.05, 3.63) is 0 Å². The van der Waals surface area contributed by atoms with Gasteiger partial charge in [-0.3, -0.25) is 0 Å². The van der Waals surface area contributed by atoms with Crippen LogP contribution >= 0.6 is 0 Å². The van der Waals surface area contributed by atoms with Crippen molar-refractivity contribution in [2.45, 2.75) is 26.1 Å². The summed E-state index contributed by atoms with van der Waals surface area (Å²) in [6.45, 7) is 4.06. The average molecular weight is 142 g/mol. The summed E-state index contributed by atoms with van der Waals surface area (Å²) < 4.78 is 10.8. The van der Waals surface area contributed by atoms with Crippen LogP contribution in [0.15, 0.2) is 0 Å². The first kappa shape index (κ1) is 6.62. The first-order valence-electron chi connectivity index (χ1n) is 4.15. The Morgan fingerprint density at radius 2 is 2.30 bits per heavy atom. The van der Waals surface area contributed by atoms with E-state index in [1.165, 1.54) is 12.8 Å². The Morgan fingerprint density at radius 3 is 3.10 bits per heavy atom. The van der Waals surface area contributed by atoms with Gasteiger partial charge in [-0.2, -0.15) is 0 Å². The molecule has 2 nitrogen and oxygen atoms in total. The molecule has 2 aliphatic heterocycles. The second-order valence-electron chi connectivity index (χ2n) is 3.19. The highest BCUT2D eigenvalue weighted by Crippen LogP contribution is 2.36. The van der Waals surface area contributed by atoms with Gasteiger partial charge in [-0.25, -0.2) is 0 Å². The van der Waals surface area contributed by atoms with Crippen molar-refractivity contribution in [3.63, 3.8) is 0 Å². The van der Waals surface area contributed by atoms with Crippen LogP contribution in [0.5, 0.6) is 0 Å². The minimum absolute atomic E-state index is 0.157. The monoisotopic (exact) mass is 142 g/mol. The Balaban J connectivity index is 2.01. The molecule has 0 N–H and O–H groups in total. The van der Waals surface area contributed by atoms with Gasteiger partial charge in [-0.15, -0.1) is 0 Å². The molecule has 2 saturated heterocycles. The van der Waals surface area contributed by atoms with E-state index >= 15 is 0 Å². The third kappa shape index (κ3) is 0.867. The Morgan fingerprint density at radius 1 is 1.40 bits per heavy atom. The number of hydrogen-bond donors (Lipinski definition) is 0. The molecule has 0 spiro atoms. The third-order valence-electron chi connectivity index (χ3n) is 2.69. The summed E-state index contributed by atoms with van der Waals surface area (Å²) in [5.41, 5.74) is 0. The molecular formula is C8H14O2. The maximum absolute atomic E-state index is 5.46. The number of ether oxygens (including phenoxy) is 2. The zero-order valence-corrected chi connectivity index (χ0v) is 6.38. The maximum Gasteiger partial charge on any atom is 0.160 e. The molecular weight excluding hydrogens is 128 g/mol. The Labute approximate surface area is 61.5 Å². The molecule has 2 heteroatoms. The molecule has 0 aliphatic carbocycles. The van der Waals surface area contributed by atoms with Gasteiger partial charge in [0.25, 0.3) is 0 Å². The quantitative estimate of drug-likeness (QED) is 0.551. The molecule has 0 bridgehead atoms. The molecule has 3 atom stereocenters. The summed E-state index contributed by atoms with van der Waals surface area (Å²) in [7, 11) is 0. The molecule has 58 valence electrons. The van der Waals surface area contributed by atoms with Crippen molar-refractivity contribution >= 4 is 0 Å². The van der Waals surface area contributed by atoms with Crippen molar-refractivity contribution in [1.82, 2.24) is 0 Å². The van der Waals surface area contributed by atoms with Crippen molar-refractivity contribution in [2.24, 2.45) is 11.8 Å². The summed E-state index contributed by atoms with van der Waals surface area (Å²) in [4.78, 5) is 0. The van der Waals surface area contributed by atoms with Gasteiger partial charge in [0.1, 0.15) is 0 Å². The largest absolute Gasteiger partial charge is 0.352 e. The first-order valence-corrected chi connectivity index (χ1v) is 4.15. The molecule has 2 heterocycles. The zero-order valence-electron chi connectivity index (χ0n) is 6.38. The van der Waals surface area contributed by atoms with E-state index in [0.717, 1.165) is 19.1 Å². The van der Waals surface area contributed by atoms with Gasteiger partial charge in [-0.1, -0.05) is 13.3 Å². The lowest BCUT2D eigenvalue weighted by molar-refractivity contribution is -0.0905. The summed E-state index contributed by atoms with van der Waals surface area (Å²) in [6, 6.07) is 0. The maximum atomic E-state index is 5.46. The highest BCUT2D eigenvalue weighted by Gasteiger charge is 2.40. The Hall–Kier alpha value is -0.0800. The van der Waals surface area contributed by atoms with E-state index in [1.807, 2.05) is 0 Å². The van der Waals surface area contributed by atoms with Gasteiger partial charge < -0.3 is 9.47 Å². The molecule has 0 radical (unpaired) electrons. The van der Waals surface area contributed by atoms with E-state index in [9.17, 15) is 0 Å². The summed E-state index contributed by atoms with van der Waals surface area (Å²) in [5.74, 6) is 1.48. The van der Waals surface area contributed by atoms with Crippen LogP contribution in [-0.4, -0.2) is 19.5 Å². The standard InChI is InChI=1S/C8H14O2/c1-2-6-5-10-8-7(6)3-4-9-8/h6-8H,2-5H2,1H3. The fourth-order valence-corrected chi connectivity index (χ4v) is 1.97. The van der Waals surface area contributed by atoms with Crippen LogP contribution < -0.4 is 0 Å². The van der Waals surface area contributed by atoms with Gasteiger partial charge in [0, 0.05) is 5.92 Å². The van der Waals surface area contributed by atoms with E-state index in [2.05, 4.69) is 6.92 Å². The number of rotatable bonds is 1. The van der Waals surface area contributed by atoms with E-state index in [1.54, 1.807) is 0 Å². The van der Waals surface area contributed by atoms with E-state index in [4.69, 9.17) is 9.47 Å². The van der Waals surface area contributed by atoms with E-state index < -0.39 is 0 Å². The number of fused-ring (bicyclic) bond motifs is 1. The molecule has 2 aliphatic rings. The minimum atomic E-state index is 0.157. The highest BCUT2D eigenvalue weighted by molar-refractivity contribution is 4.81. The second-order valence-corrected chi connectivity index (χ2v) is 3.19. The second kappa shape index (κ2) is 2.51. The Kier molecular flexibility index (Phi) is 1.66. The predicted octanol–water partition coefficient (Wildman–Crippen LogP) is 1.41. The van der Waals surface area contributed by atoms with Gasteiger partial charge in [-0.05, 0) is 12.3 Å². The van der Waals surface area contributed by atoms with Crippen LogP contribution in [0.3, 0.4) is 0 Å². The van der Waals surface area contributed by atoms with Gasteiger partial charge in [0.05, 0.1) is 13.2 Å². The van der Waals surface area contributed by atoms with Gasteiger partial charge >= 0.3 is 0 Å². The van der Waals surface area contributed by atoms with Crippen LogP contribution in [0, 0.1) is 11.8 Å². The van der Waals surface area contributed by atoms with Crippen molar-refractivity contribution in [1.29, 1.82) is 0 Å². The fraction of sp³-hybridized carbons (Fsp3) is 1.00. The molecule has 0 saturated carbocycles. The van der Waals surface area contributed by atoms with E-state index in [-0.39, 0.29) is 6.29 Å². The zero-order chi connectivity index (χ0) is 6.97. The normalized spacial score (nSPS) is 45.9. The van der Waals surface area contributed by atoms with Crippen molar-refractivity contribution < 1.29 is 9.47 Å². The van der Waals surface area contributed by atoms with Gasteiger partial charge in [0.2, 0.25) is 0 Å². The molecule has 0 aromatic heterocycles. The molecule has 0 aromatic carbocycles. The molecule has 2 rings (SSSR count). The van der Waals surface area contributed by atoms with Crippen molar-refractivity contribution in [3.8, 4) is 0 Å². The van der Waals surface area contributed by atoms with Crippen LogP contribution in [0.1, 0.15) is 19.8 Å². The number of hydrogen-bond acceptors (Lipinski definition) is 2. The molecule has 2 fully saturated rings. The topological polar surface area (TPSA) is 18.5 Å². The molecule has 3 unspecified atom stereocenters.